The topological polar surface area (TPSA) is 47.9 Å². The Kier molecular flexibility index (Phi) is 4.87. The van der Waals surface area contributed by atoms with Crippen molar-refractivity contribution in [3.8, 4) is 23.0 Å². The van der Waals surface area contributed by atoms with Crippen LogP contribution in [0.15, 0.2) is 40.9 Å². The van der Waals surface area contributed by atoms with E-state index < -0.39 is 0 Å². The number of methoxy groups -OCH3 is 2. The fourth-order valence-corrected chi connectivity index (χ4v) is 2.15. The first-order valence-electron chi connectivity index (χ1n) is 5.96. The molecule has 0 radical (unpaired) electrons. The molecule has 0 saturated carbocycles. The van der Waals surface area contributed by atoms with Gasteiger partial charge in [0, 0.05) is 28.2 Å². The third-order valence-electron chi connectivity index (χ3n) is 2.75. The van der Waals surface area contributed by atoms with E-state index in [0.717, 1.165) is 4.47 Å². The summed E-state index contributed by atoms with van der Waals surface area (Å²) < 4.78 is 17.1. The monoisotopic (exact) mass is 338 g/mol. The van der Waals surface area contributed by atoms with E-state index in [1.54, 1.807) is 38.5 Å². The molecule has 0 aliphatic rings. The average Bonchev–Trinajstić information content (AvgIpc) is 2.48. The minimum absolute atomic E-state index is 0.101. The zero-order chi connectivity index (χ0) is 14.5. The molecule has 0 spiro atoms. The second-order valence-corrected chi connectivity index (χ2v) is 4.98. The Morgan fingerprint density at radius 3 is 2.10 bits per heavy atom. The summed E-state index contributed by atoms with van der Waals surface area (Å²) in [5, 5.41) is 9.37. The van der Waals surface area contributed by atoms with Gasteiger partial charge in [-0.3, -0.25) is 0 Å². The van der Waals surface area contributed by atoms with Gasteiger partial charge in [-0.25, -0.2) is 0 Å². The predicted molar refractivity (Wildman–Crippen MR) is 79.7 cm³/mol. The number of aliphatic hydroxyl groups is 1. The number of hydrogen-bond donors (Lipinski definition) is 1. The molecular weight excluding hydrogens is 324 g/mol. The molecule has 2 aromatic rings. The molecule has 0 amide bonds. The van der Waals surface area contributed by atoms with Crippen LogP contribution in [0.1, 0.15) is 5.56 Å². The molecule has 106 valence electrons. The molecule has 5 heteroatoms. The van der Waals surface area contributed by atoms with Crippen LogP contribution in [0.25, 0.3) is 0 Å². The fourth-order valence-electron chi connectivity index (χ4n) is 1.74. The second kappa shape index (κ2) is 6.63. The quantitative estimate of drug-likeness (QED) is 0.901. The SMILES string of the molecule is COc1cc(OC)cc(Oc2ccc(Br)cc2CO)c1. The van der Waals surface area contributed by atoms with Gasteiger partial charge in [0.15, 0.2) is 0 Å². The van der Waals surface area contributed by atoms with E-state index in [0.29, 0.717) is 28.6 Å². The normalized spacial score (nSPS) is 10.2. The summed E-state index contributed by atoms with van der Waals surface area (Å²) in [5.41, 5.74) is 0.696. The Morgan fingerprint density at radius 1 is 0.950 bits per heavy atom. The first-order chi connectivity index (χ1) is 9.66. The largest absolute Gasteiger partial charge is 0.496 e. The van der Waals surface area contributed by atoms with Crippen molar-refractivity contribution in [2.75, 3.05) is 14.2 Å². The van der Waals surface area contributed by atoms with E-state index in [1.807, 2.05) is 12.1 Å². The first kappa shape index (κ1) is 14.7. The van der Waals surface area contributed by atoms with Crippen molar-refractivity contribution in [3.63, 3.8) is 0 Å². The maximum Gasteiger partial charge on any atom is 0.134 e. The summed E-state index contributed by atoms with van der Waals surface area (Å²) in [7, 11) is 3.16. The van der Waals surface area contributed by atoms with E-state index in [9.17, 15) is 5.11 Å². The van der Waals surface area contributed by atoms with Gasteiger partial charge in [0.25, 0.3) is 0 Å². The predicted octanol–water partition coefficient (Wildman–Crippen LogP) is 3.75. The van der Waals surface area contributed by atoms with E-state index in [1.165, 1.54) is 0 Å². The zero-order valence-corrected chi connectivity index (χ0v) is 12.8. The van der Waals surface area contributed by atoms with Crippen molar-refractivity contribution in [1.29, 1.82) is 0 Å². The van der Waals surface area contributed by atoms with Gasteiger partial charge in [0.2, 0.25) is 0 Å². The van der Waals surface area contributed by atoms with Gasteiger partial charge in [-0.05, 0) is 18.2 Å². The van der Waals surface area contributed by atoms with E-state index in [2.05, 4.69) is 15.9 Å². The minimum atomic E-state index is -0.101. The number of rotatable bonds is 5. The highest BCUT2D eigenvalue weighted by Crippen LogP contribution is 2.33. The van der Waals surface area contributed by atoms with Crippen LogP contribution in [-0.2, 0) is 6.61 Å². The molecule has 0 unspecified atom stereocenters. The van der Waals surface area contributed by atoms with Gasteiger partial charge in [-0.15, -0.1) is 0 Å². The third-order valence-corrected chi connectivity index (χ3v) is 3.24. The van der Waals surface area contributed by atoms with Gasteiger partial charge in [-0.1, -0.05) is 15.9 Å². The molecule has 0 atom stereocenters. The number of aliphatic hydroxyl groups excluding tert-OH is 1. The lowest BCUT2D eigenvalue weighted by molar-refractivity contribution is 0.276. The number of halogens is 1. The van der Waals surface area contributed by atoms with Crippen LogP contribution in [-0.4, -0.2) is 19.3 Å². The highest BCUT2D eigenvalue weighted by atomic mass is 79.9. The average molecular weight is 339 g/mol. The van der Waals surface area contributed by atoms with Crippen LogP contribution in [0, 0.1) is 0 Å². The summed E-state index contributed by atoms with van der Waals surface area (Å²) >= 11 is 3.36. The molecule has 20 heavy (non-hydrogen) atoms. The van der Waals surface area contributed by atoms with Crippen molar-refractivity contribution in [2.24, 2.45) is 0 Å². The van der Waals surface area contributed by atoms with E-state index >= 15 is 0 Å². The zero-order valence-electron chi connectivity index (χ0n) is 11.2. The Balaban J connectivity index is 2.34. The van der Waals surface area contributed by atoms with Crippen LogP contribution in [0.2, 0.25) is 0 Å². The lowest BCUT2D eigenvalue weighted by Crippen LogP contribution is -1.94. The Bertz CT molecular complexity index is 576. The lowest BCUT2D eigenvalue weighted by Gasteiger charge is -2.12. The van der Waals surface area contributed by atoms with Gasteiger partial charge >= 0.3 is 0 Å². The molecule has 2 rings (SSSR count). The number of ether oxygens (including phenoxy) is 3. The first-order valence-corrected chi connectivity index (χ1v) is 6.75. The molecule has 1 N–H and O–H groups in total. The highest BCUT2D eigenvalue weighted by Gasteiger charge is 2.08. The van der Waals surface area contributed by atoms with Crippen LogP contribution < -0.4 is 14.2 Å². The van der Waals surface area contributed by atoms with E-state index in [4.69, 9.17) is 14.2 Å². The maximum atomic E-state index is 9.37. The molecule has 0 aliphatic carbocycles. The molecule has 4 nitrogen and oxygen atoms in total. The molecule has 0 saturated heterocycles. The lowest BCUT2D eigenvalue weighted by atomic mass is 10.2. The van der Waals surface area contributed by atoms with Crippen LogP contribution in [0.5, 0.6) is 23.0 Å². The molecule has 0 aliphatic heterocycles. The highest BCUT2D eigenvalue weighted by molar-refractivity contribution is 9.10. The molecule has 0 bridgehead atoms. The summed E-state index contributed by atoms with van der Waals surface area (Å²) in [6.07, 6.45) is 0. The van der Waals surface area contributed by atoms with Crippen LogP contribution in [0.3, 0.4) is 0 Å². The van der Waals surface area contributed by atoms with Crippen molar-refractivity contribution >= 4 is 15.9 Å². The summed E-state index contributed by atoms with van der Waals surface area (Å²) in [5.74, 6) is 2.45. The van der Waals surface area contributed by atoms with Gasteiger partial charge in [-0.2, -0.15) is 0 Å². The summed E-state index contributed by atoms with van der Waals surface area (Å²) in [6.45, 7) is -0.101. The number of benzene rings is 2. The summed E-state index contributed by atoms with van der Waals surface area (Å²) in [6, 6.07) is 10.7. The van der Waals surface area contributed by atoms with Gasteiger partial charge in [0.05, 0.1) is 20.8 Å². The van der Waals surface area contributed by atoms with Crippen LogP contribution in [0.4, 0.5) is 0 Å². The molecule has 0 fully saturated rings. The second-order valence-electron chi connectivity index (χ2n) is 4.06. The van der Waals surface area contributed by atoms with Gasteiger partial charge < -0.3 is 19.3 Å². The van der Waals surface area contributed by atoms with Crippen molar-refractivity contribution in [2.45, 2.75) is 6.61 Å². The van der Waals surface area contributed by atoms with Crippen molar-refractivity contribution in [3.05, 3.63) is 46.4 Å². The van der Waals surface area contributed by atoms with E-state index in [-0.39, 0.29) is 6.61 Å². The van der Waals surface area contributed by atoms with Crippen molar-refractivity contribution < 1.29 is 19.3 Å². The fraction of sp³-hybridized carbons (Fsp3) is 0.200. The summed E-state index contributed by atoms with van der Waals surface area (Å²) in [4.78, 5) is 0. The Morgan fingerprint density at radius 2 is 1.55 bits per heavy atom. The van der Waals surface area contributed by atoms with Crippen LogP contribution >= 0.6 is 15.9 Å². The molecule has 0 aromatic heterocycles. The Labute approximate surface area is 126 Å². The van der Waals surface area contributed by atoms with Crippen molar-refractivity contribution in [1.82, 2.24) is 0 Å². The van der Waals surface area contributed by atoms with Gasteiger partial charge in [0.1, 0.15) is 23.0 Å². The third kappa shape index (κ3) is 3.43. The molecular formula is C15H15BrO4. The minimum Gasteiger partial charge on any atom is -0.496 e. The molecule has 0 heterocycles. The standard InChI is InChI=1S/C15H15BrO4/c1-18-12-6-13(19-2)8-14(7-12)20-15-4-3-11(16)5-10(15)9-17/h3-8,17H,9H2,1-2H3. The maximum absolute atomic E-state index is 9.37. The molecule has 2 aromatic carbocycles. The number of hydrogen-bond acceptors (Lipinski definition) is 4. The smallest absolute Gasteiger partial charge is 0.134 e. The Hall–Kier alpha value is -1.72.